The van der Waals surface area contributed by atoms with Gasteiger partial charge in [-0.3, -0.25) is 4.98 Å². The van der Waals surface area contributed by atoms with Crippen molar-refractivity contribution in [3.63, 3.8) is 0 Å². The summed E-state index contributed by atoms with van der Waals surface area (Å²) in [7, 11) is -1.41. The van der Waals surface area contributed by atoms with Gasteiger partial charge in [0, 0.05) is 21.4 Å². The van der Waals surface area contributed by atoms with Gasteiger partial charge in [-0.2, -0.15) is 0 Å². The van der Waals surface area contributed by atoms with Crippen LogP contribution in [-0.2, 0) is 0 Å². The number of hydrogen-bond donors (Lipinski definition) is 2. The normalized spacial score (nSPS) is 9.39. The van der Waals surface area contributed by atoms with Gasteiger partial charge in [0.2, 0.25) is 0 Å². The average molecular weight is 328 g/mol. The number of hydrogen-bond acceptors (Lipinski definition) is 3. The summed E-state index contributed by atoms with van der Waals surface area (Å²) in [5.74, 6) is 0. The summed E-state index contributed by atoms with van der Waals surface area (Å²) in [5.41, 5.74) is 1.50. The van der Waals surface area contributed by atoms with Crippen LogP contribution in [-0.4, -0.2) is 22.2 Å². The van der Waals surface area contributed by atoms with E-state index in [9.17, 15) is 0 Å². The monoisotopic (exact) mass is 327 g/mol. The predicted octanol–water partition coefficient (Wildman–Crippen LogP) is 2.17. The first-order chi connectivity index (χ1) is 8.49. The Labute approximate surface area is 120 Å². The van der Waals surface area contributed by atoms with Gasteiger partial charge >= 0.3 is 7.12 Å². The predicted molar refractivity (Wildman–Crippen MR) is 78.0 cm³/mol. The zero-order valence-electron chi connectivity index (χ0n) is 9.72. The molecule has 2 aromatic rings. The standard InChI is InChI=1S/C6H6BClO2.C6H6BrN/c8-6-3-1-5(2-4-6)7(9)10;1-5-2-3-6(7)4-8-5/h1-4,9-10H;2-4H,1H3. The van der Waals surface area contributed by atoms with Gasteiger partial charge in [-0.25, -0.2) is 0 Å². The Morgan fingerprint density at radius 2 is 1.72 bits per heavy atom. The number of halogens is 2. The number of benzene rings is 1. The fraction of sp³-hybridized carbons (Fsp3) is 0.0833. The number of aryl methyl sites for hydroxylation is 1. The SMILES string of the molecule is Cc1ccc(Br)cn1.OB(O)c1ccc(Cl)cc1. The summed E-state index contributed by atoms with van der Waals surface area (Å²) in [6.45, 7) is 1.96. The zero-order valence-corrected chi connectivity index (χ0v) is 12.1. The molecule has 0 unspecified atom stereocenters. The lowest BCUT2D eigenvalue weighted by atomic mass is 9.81. The second-order valence-corrected chi connectivity index (χ2v) is 4.90. The molecule has 0 aliphatic carbocycles. The molecule has 2 rings (SSSR count). The zero-order chi connectivity index (χ0) is 13.5. The van der Waals surface area contributed by atoms with E-state index in [4.69, 9.17) is 21.6 Å². The van der Waals surface area contributed by atoms with Gasteiger partial charge in [-0.1, -0.05) is 23.7 Å². The molecule has 0 aliphatic heterocycles. The molecule has 3 nitrogen and oxygen atoms in total. The van der Waals surface area contributed by atoms with E-state index in [1.54, 1.807) is 30.5 Å². The third-order valence-corrected chi connectivity index (χ3v) is 2.76. The second-order valence-electron chi connectivity index (χ2n) is 3.54. The van der Waals surface area contributed by atoms with Crippen molar-refractivity contribution in [1.29, 1.82) is 0 Å². The minimum absolute atomic E-state index is 0.449. The minimum atomic E-state index is -1.41. The summed E-state index contributed by atoms with van der Waals surface area (Å²) in [6.07, 6.45) is 1.79. The molecule has 0 aliphatic rings. The van der Waals surface area contributed by atoms with Crippen LogP contribution in [0, 0.1) is 6.92 Å². The van der Waals surface area contributed by atoms with E-state index < -0.39 is 7.12 Å². The van der Waals surface area contributed by atoms with Gasteiger partial charge in [0.25, 0.3) is 0 Å². The molecule has 2 N–H and O–H groups in total. The molecule has 0 atom stereocenters. The van der Waals surface area contributed by atoms with Crippen molar-refractivity contribution in [2.45, 2.75) is 6.92 Å². The molecule has 94 valence electrons. The summed E-state index contributed by atoms with van der Waals surface area (Å²) >= 11 is 8.84. The van der Waals surface area contributed by atoms with Crippen LogP contribution in [0.1, 0.15) is 5.69 Å². The lowest BCUT2D eigenvalue weighted by Crippen LogP contribution is -2.29. The number of nitrogens with zero attached hydrogens (tertiary/aromatic N) is 1. The summed E-state index contributed by atoms with van der Waals surface area (Å²) in [5, 5.41) is 17.8. The highest BCUT2D eigenvalue weighted by atomic mass is 79.9. The topological polar surface area (TPSA) is 53.4 Å². The second kappa shape index (κ2) is 7.54. The molecular weight excluding hydrogens is 316 g/mol. The Balaban J connectivity index is 0.000000184. The van der Waals surface area contributed by atoms with Gasteiger partial charge in [0.15, 0.2) is 0 Å². The maximum atomic E-state index is 8.63. The number of aromatic nitrogens is 1. The molecule has 1 aromatic heterocycles. The molecule has 6 heteroatoms. The molecule has 0 saturated carbocycles. The van der Waals surface area contributed by atoms with Crippen molar-refractivity contribution in [2.75, 3.05) is 0 Å². The molecule has 0 spiro atoms. The van der Waals surface area contributed by atoms with E-state index in [0.717, 1.165) is 10.2 Å². The van der Waals surface area contributed by atoms with Crippen LogP contribution in [0.5, 0.6) is 0 Å². The van der Waals surface area contributed by atoms with Crippen LogP contribution in [0.15, 0.2) is 47.1 Å². The van der Waals surface area contributed by atoms with Crippen LogP contribution in [0.3, 0.4) is 0 Å². The Bertz CT molecular complexity index is 455. The van der Waals surface area contributed by atoms with Crippen molar-refractivity contribution in [1.82, 2.24) is 4.98 Å². The Morgan fingerprint density at radius 3 is 2.11 bits per heavy atom. The summed E-state index contributed by atoms with van der Waals surface area (Å²) in [4.78, 5) is 4.03. The number of rotatable bonds is 1. The van der Waals surface area contributed by atoms with Gasteiger partial charge in [0.05, 0.1) is 0 Å². The lowest BCUT2D eigenvalue weighted by Gasteiger charge is -1.96. The first kappa shape index (κ1) is 15.2. The van der Waals surface area contributed by atoms with Crippen LogP contribution in [0.25, 0.3) is 0 Å². The molecule has 0 amide bonds. The van der Waals surface area contributed by atoms with Gasteiger partial charge in [0.1, 0.15) is 0 Å². The van der Waals surface area contributed by atoms with Crippen molar-refractivity contribution < 1.29 is 10.0 Å². The maximum Gasteiger partial charge on any atom is 0.488 e. The van der Waals surface area contributed by atoms with E-state index >= 15 is 0 Å². The van der Waals surface area contributed by atoms with Gasteiger partial charge < -0.3 is 10.0 Å². The molecule has 0 fully saturated rings. The van der Waals surface area contributed by atoms with Crippen molar-refractivity contribution in [3.8, 4) is 0 Å². The third kappa shape index (κ3) is 5.64. The van der Waals surface area contributed by atoms with E-state index in [2.05, 4.69) is 20.9 Å². The van der Waals surface area contributed by atoms with Crippen LogP contribution < -0.4 is 5.46 Å². The lowest BCUT2D eigenvalue weighted by molar-refractivity contribution is 0.426. The molecule has 0 bridgehead atoms. The smallest absolute Gasteiger partial charge is 0.423 e. The molecule has 0 saturated heterocycles. The van der Waals surface area contributed by atoms with Crippen LogP contribution in [0.4, 0.5) is 0 Å². The van der Waals surface area contributed by atoms with Crippen molar-refractivity contribution in [2.24, 2.45) is 0 Å². The van der Waals surface area contributed by atoms with Crippen LogP contribution in [0.2, 0.25) is 5.02 Å². The highest BCUT2D eigenvalue weighted by Crippen LogP contribution is 2.05. The fourth-order valence-corrected chi connectivity index (χ4v) is 1.45. The quantitative estimate of drug-likeness (QED) is 0.789. The van der Waals surface area contributed by atoms with E-state index in [0.29, 0.717) is 10.5 Å². The molecule has 0 radical (unpaired) electrons. The summed E-state index contributed by atoms with van der Waals surface area (Å²) < 4.78 is 1.03. The van der Waals surface area contributed by atoms with E-state index in [1.807, 2.05) is 19.1 Å². The molecule has 1 aromatic carbocycles. The Morgan fingerprint density at radius 1 is 1.11 bits per heavy atom. The Kier molecular flexibility index (Phi) is 6.36. The van der Waals surface area contributed by atoms with E-state index in [1.165, 1.54) is 0 Å². The summed E-state index contributed by atoms with van der Waals surface area (Å²) in [6, 6.07) is 10.3. The third-order valence-electron chi connectivity index (χ3n) is 2.04. The highest BCUT2D eigenvalue weighted by molar-refractivity contribution is 9.10. The molecule has 1 heterocycles. The fourth-order valence-electron chi connectivity index (χ4n) is 1.08. The van der Waals surface area contributed by atoms with E-state index in [-0.39, 0.29) is 0 Å². The van der Waals surface area contributed by atoms with Crippen molar-refractivity contribution >= 4 is 40.1 Å². The average Bonchev–Trinajstić information content (AvgIpc) is 2.34. The number of pyridine rings is 1. The first-order valence-corrected chi connectivity index (χ1v) is 6.36. The van der Waals surface area contributed by atoms with Crippen LogP contribution >= 0.6 is 27.5 Å². The maximum absolute atomic E-state index is 8.63. The molecule has 18 heavy (non-hydrogen) atoms. The van der Waals surface area contributed by atoms with Gasteiger partial charge in [-0.15, -0.1) is 0 Å². The highest BCUT2D eigenvalue weighted by Gasteiger charge is 2.08. The first-order valence-electron chi connectivity index (χ1n) is 5.19. The molecular formula is C12H12BBrClNO2. The largest absolute Gasteiger partial charge is 0.488 e. The minimum Gasteiger partial charge on any atom is -0.423 e. The van der Waals surface area contributed by atoms with Crippen molar-refractivity contribution in [3.05, 3.63) is 57.8 Å². The van der Waals surface area contributed by atoms with Gasteiger partial charge in [-0.05, 0) is 52.6 Å². The Hall–Kier alpha value is -0.875.